The Balaban J connectivity index is 1.96. The Bertz CT molecular complexity index is 534. The summed E-state index contributed by atoms with van der Waals surface area (Å²) in [6.07, 6.45) is 1.85. The zero-order valence-electron chi connectivity index (χ0n) is 11.9. The Hall–Kier alpha value is -1.39. The lowest BCUT2D eigenvalue weighted by Crippen LogP contribution is -2.18. The Morgan fingerprint density at radius 1 is 1.37 bits per heavy atom. The number of aromatic nitrogens is 1. The minimum absolute atomic E-state index is 0.354. The number of nitrogens with one attached hydrogen (secondary N) is 1. The van der Waals surface area contributed by atoms with Crippen LogP contribution in [0.5, 0.6) is 5.88 Å². The third kappa shape index (κ3) is 3.55. The summed E-state index contributed by atoms with van der Waals surface area (Å²) in [4.78, 5) is 6.97. The van der Waals surface area contributed by atoms with Crippen LogP contribution >= 0.6 is 11.3 Å². The molecular formula is C15H20N2OS. The summed E-state index contributed by atoms with van der Waals surface area (Å²) in [7, 11) is 1.63. The highest BCUT2D eigenvalue weighted by molar-refractivity contribution is 7.12. The van der Waals surface area contributed by atoms with Gasteiger partial charge in [-0.2, -0.15) is 0 Å². The first kappa shape index (κ1) is 14.0. The number of ether oxygens (including phenoxy) is 1. The zero-order chi connectivity index (χ0) is 13.8. The van der Waals surface area contributed by atoms with Crippen LogP contribution in [0.25, 0.3) is 0 Å². The van der Waals surface area contributed by atoms with Crippen LogP contribution in [0.2, 0.25) is 0 Å². The van der Waals surface area contributed by atoms with Gasteiger partial charge in [-0.1, -0.05) is 6.07 Å². The number of rotatable bonds is 5. The van der Waals surface area contributed by atoms with Gasteiger partial charge in [0.2, 0.25) is 5.88 Å². The standard InChI is InChI=1S/C15H20N2OS/c1-10-7-14(12(3)19-10)11(2)16-8-13-5-6-15(18-4)17-9-13/h5-7,9,11,16H,8H2,1-4H3. The maximum Gasteiger partial charge on any atom is 0.212 e. The molecular weight excluding hydrogens is 256 g/mol. The molecule has 0 amide bonds. The van der Waals surface area contributed by atoms with Crippen molar-refractivity contribution in [2.45, 2.75) is 33.4 Å². The molecule has 102 valence electrons. The number of hydrogen-bond acceptors (Lipinski definition) is 4. The average molecular weight is 276 g/mol. The van der Waals surface area contributed by atoms with Gasteiger partial charge in [0.05, 0.1) is 7.11 Å². The van der Waals surface area contributed by atoms with E-state index in [1.165, 1.54) is 15.3 Å². The predicted octanol–water partition coefficient (Wildman–Crippen LogP) is 3.62. The topological polar surface area (TPSA) is 34.1 Å². The highest BCUT2D eigenvalue weighted by atomic mass is 32.1. The Morgan fingerprint density at radius 3 is 2.68 bits per heavy atom. The molecule has 2 heterocycles. The summed E-state index contributed by atoms with van der Waals surface area (Å²) in [5.74, 6) is 0.654. The molecule has 0 aliphatic heterocycles. The summed E-state index contributed by atoms with van der Waals surface area (Å²) in [6.45, 7) is 7.35. The molecule has 0 bridgehead atoms. The number of pyridine rings is 1. The lowest BCUT2D eigenvalue weighted by Gasteiger charge is -2.14. The summed E-state index contributed by atoms with van der Waals surface area (Å²) in [6, 6.07) is 6.55. The summed E-state index contributed by atoms with van der Waals surface area (Å²) < 4.78 is 5.05. The van der Waals surface area contributed by atoms with E-state index in [0.29, 0.717) is 11.9 Å². The second-order valence-electron chi connectivity index (χ2n) is 4.68. The molecule has 3 nitrogen and oxygen atoms in total. The Kier molecular flexibility index (Phi) is 4.56. The van der Waals surface area contributed by atoms with Gasteiger partial charge in [0, 0.05) is 34.6 Å². The highest BCUT2D eigenvalue weighted by Crippen LogP contribution is 2.26. The fraction of sp³-hybridized carbons (Fsp3) is 0.400. The van der Waals surface area contributed by atoms with Crippen LogP contribution in [0.15, 0.2) is 24.4 Å². The van der Waals surface area contributed by atoms with E-state index >= 15 is 0 Å². The first-order valence-corrected chi connectivity index (χ1v) is 7.21. The fourth-order valence-electron chi connectivity index (χ4n) is 2.10. The van der Waals surface area contributed by atoms with Crippen LogP contribution in [0.4, 0.5) is 0 Å². The quantitative estimate of drug-likeness (QED) is 0.905. The van der Waals surface area contributed by atoms with E-state index in [-0.39, 0.29) is 0 Å². The van der Waals surface area contributed by atoms with Gasteiger partial charge in [0.15, 0.2) is 0 Å². The molecule has 0 aromatic carbocycles. The predicted molar refractivity (Wildman–Crippen MR) is 79.8 cm³/mol. The van der Waals surface area contributed by atoms with E-state index in [0.717, 1.165) is 12.1 Å². The largest absolute Gasteiger partial charge is 0.481 e. The van der Waals surface area contributed by atoms with Gasteiger partial charge in [0.1, 0.15) is 0 Å². The molecule has 2 aromatic rings. The molecule has 1 atom stereocenters. The maximum atomic E-state index is 5.05. The first-order chi connectivity index (χ1) is 9.10. The zero-order valence-corrected chi connectivity index (χ0v) is 12.7. The molecule has 0 radical (unpaired) electrons. The van der Waals surface area contributed by atoms with Crippen molar-refractivity contribution in [3.05, 3.63) is 45.3 Å². The number of nitrogens with zero attached hydrogens (tertiary/aromatic N) is 1. The second-order valence-corrected chi connectivity index (χ2v) is 6.14. The van der Waals surface area contributed by atoms with Gasteiger partial charge in [-0.25, -0.2) is 4.98 Å². The lowest BCUT2D eigenvalue weighted by atomic mass is 10.1. The van der Waals surface area contributed by atoms with Crippen LogP contribution in [-0.2, 0) is 6.54 Å². The van der Waals surface area contributed by atoms with Crippen LogP contribution in [0, 0.1) is 13.8 Å². The molecule has 2 rings (SSSR count). The molecule has 1 unspecified atom stereocenters. The van der Waals surface area contributed by atoms with E-state index in [1.807, 2.05) is 29.7 Å². The highest BCUT2D eigenvalue weighted by Gasteiger charge is 2.10. The molecule has 0 saturated carbocycles. The summed E-state index contributed by atoms with van der Waals surface area (Å²) in [5, 5.41) is 3.53. The van der Waals surface area contributed by atoms with Gasteiger partial charge in [-0.3, -0.25) is 0 Å². The van der Waals surface area contributed by atoms with Crippen molar-refractivity contribution in [3.63, 3.8) is 0 Å². The molecule has 0 aliphatic rings. The van der Waals surface area contributed by atoms with E-state index in [2.05, 4.69) is 37.1 Å². The average Bonchev–Trinajstić information content (AvgIpc) is 2.75. The van der Waals surface area contributed by atoms with Gasteiger partial charge < -0.3 is 10.1 Å². The van der Waals surface area contributed by atoms with Crippen molar-refractivity contribution in [3.8, 4) is 5.88 Å². The minimum Gasteiger partial charge on any atom is -0.481 e. The van der Waals surface area contributed by atoms with Crippen LogP contribution in [-0.4, -0.2) is 12.1 Å². The van der Waals surface area contributed by atoms with Crippen molar-refractivity contribution in [1.82, 2.24) is 10.3 Å². The van der Waals surface area contributed by atoms with Crippen molar-refractivity contribution in [2.24, 2.45) is 0 Å². The maximum absolute atomic E-state index is 5.05. The number of methoxy groups -OCH3 is 1. The third-order valence-corrected chi connectivity index (χ3v) is 4.15. The van der Waals surface area contributed by atoms with Gasteiger partial charge in [0.25, 0.3) is 0 Å². The van der Waals surface area contributed by atoms with E-state index < -0.39 is 0 Å². The Labute approximate surface area is 118 Å². The minimum atomic E-state index is 0.354. The van der Waals surface area contributed by atoms with Crippen molar-refractivity contribution in [2.75, 3.05) is 7.11 Å². The van der Waals surface area contributed by atoms with Crippen LogP contribution in [0.1, 0.15) is 33.8 Å². The van der Waals surface area contributed by atoms with Gasteiger partial charge >= 0.3 is 0 Å². The molecule has 0 fully saturated rings. The molecule has 2 aromatic heterocycles. The second kappa shape index (κ2) is 6.17. The molecule has 19 heavy (non-hydrogen) atoms. The van der Waals surface area contributed by atoms with Crippen molar-refractivity contribution < 1.29 is 4.74 Å². The number of hydrogen-bond donors (Lipinski definition) is 1. The number of thiophene rings is 1. The fourth-order valence-corrected chi connectivity index (χ4v) is 3.12. The molecule has 4 heteroatoms. The molecule has 1 N–H and O–H groups in total. The van der Waals surface area contributed by atoms with Crippen LogP contribution in [0.3, 0.4) is 0 Å². The smallest absolute Gasteiger partial charge is 0.212 e. The molecule has 0 aliphatic carbocycles. The van der Waals surface area contributed by atoms with E-state index in [1.54, 1.807) is 7.11 Å². The van der Waals surface area contributed by atoms with Gasteiger partial charge in [-0.05, 0) is 38.0 Å². The Morgan fingerprint density at radius 2 is 2.16 bits per heavy atom. The first-order valence-electron chi connectivity index (χ1n) is 6.39. The normalized spacial score (nSPS) is 12.4. The van der Waals surface area contributed by atoms with E-state index in [4.69, 9.17) is 4.74 Å². The van der Waals surface area contributed by atoms with Gasteiger partial charge in [-0.15, -0.1) is 11.3 Å². The van der Waals surface area contributed by atoms with E-state index in [9.17, 15) is 0 Å². The molecule has 0 saturated heterocycles. The lowest BCUT2D eigenvalue weighted by molar-refractivity contribution is 0.397. The van der Waals surface area contributed by atoms with Crippen LogP contribution < -0.4 is 10.1 Å². The SMILES string of the molecule is COc1ccc(CNC(C)c2cc(C)sc2C)cn1. The third-order valence-electron chi connectivity index (χ3n) is 3.16. The number of aryl methyl sites for hydroxylation is 2. The van der Waals surface area contributed by atoms with Crippen molar-refractivity contribution in [1.29, 1.82) is 0 Å². The van der Waals surface area contributed by atoms with Crippen molar-refractivity contribution >= 4 is 11.3 Å². The summed E-state index contributed by atoms with van der Waals surface area (Å²) >= 11 is 1.86. The monoisotopic (exact) mass is 276 g/mol. The summed E-state index contributed by atoms with van der Waals surface area (Å²) in [5.41, 5.74) is 2.56. The molecule has 0 spiro atoms.